The second kappa shape index (κ2) is 11.1. The van der Waals surface area contributed by atoms with E-state index >= 15 is 0 Å². The summed E-state index contributed by atoms with van der Waals surface area (Å²) in [6.07, 6.45) is 3.31. The molecular weight excluding hydrogens is 338 g/mol. The van der Waals surface area contributed by atoms with Crippen molar-refractivity contribution in [2.24, 2.45) is 5.73 Å². The topological polar surface area (TPSA) is 84.2 Å². The molecule has 0 aliphatic heterocycles. The molecule has 27 heavy (non-hydrogen) atoms. The van der Waals surface area contributed by atoms with Crippen LogP contribution in [0, 0.1) is 0 Å². The van der Waals surface area contributed by atoms with Gasteiger partial charge >= 0.3 is 0 Å². The van der Waals surface area contributed by atoms with E-state index in [1.54, 1.807) is 24.3 Å². The number of nitrogens with one attached hydrogen (secondary N) is 2. The summed E-state index contributed by atoms with van der Waals surface area (Å²) < 4.78 is 0. The maximum Gasteiger partial charge on any atom is 0.251 e. The Balaban J connectivity index is 2.10. The lowest BCUT2D eigenvalue weighted by Crippen LogP contribution is -2.52. The average molecular weight is 367 g/mol. The van der Waals surface area contributed by atoms with Gasteiger partial charge in [0.15, 0.2) is 0 Å². The molecule has 2 rings (SSSR count). The summed E-state index contributed by atoms with van der Waals surface area (Å²) in [6.45, 7) is 2.49. The van der Waals surface area contributed by atoms with E-state index in [0.29, 0.717) is 18.5 Å². The normalized spacial score (nSPS) is 12.8. The van der Waals surface area contributed by atoms with Gasteiger partial charge in [-0.15, -0.1) is 0 Å². The minimum absolute atomic E-state index is 0.0793. The Bertz CT molecular complexity index is 704. The summed E-state index contributed by atoms with van der Waals surface area (Å²) in [4.78, 5) is 25.4. The molecule has 0 radical (unpaired) electrons. The number of unbranched alkanes of at least 4 members (excludes halogenated alkanes) is 1. The molecule has 0 aliphatic rings. The fourth-order valence-electron chi connectivity index (χ4n) is 2.89. The highest BCUT2D eigenvalue weighted by molar-refractivity contribution is 5.97. The van der Waals surface area contributed by atoms with Gasteiger partial charge in [0, 0.05) is 24.6 Å². The molecule has 0 aliphatic carbocycles. The Labute approximate surface area is 161 Å². The van der Waals surface area contributed by atoms with Crippen LogP contribution in [-0.4, -0.2) is 30.4 Å². The van der Waals surface area contributed by atoms with Crippen LogP contribution in [0.15, 0.2) is 60.7 Å². The predicted octanol–water partition coefficient (Wildman–Crippen LogP) is 2.66. The smallest absolute Gasteiger partial charge is 0.251 e. The molecule has 0 spiro atoms. The van der Waals surface area contributed by atoms with Crippen LogP contribution in [0.4, 0.5) is 0 Å². The van der Waals surface area contributed by atoms with Crippen LogP contribution in [0.2, 0.25) is 0 Å². The molecule has 2 atom stereocenters. The van der Waals surface area contributed by atoms with Gasteiger partial charge < -0.3 is 16.4 Å². The zero-order valence-electron chi connectivity index (χ0n) is 15.9. The first-order valence-electron chi connectivity index (χ1n) is 9.54. The lowest BCUT2D eigenvalue weighted by molar-refractivity contribution is -0.123. The summed E-state index contributed by atoms with van der Waals surface area (Å²) >= 11 is 0. The van der Waals surface area contributed by atoms with Crippen LogP contribution >= 0.6 is 0 Å². The zero-order chi connectivity index (χ0) is 19.5. The first kappa shape index (κ1) is 20.6. The molecule has 2 aromatic carbocycles. The number of carbonyl (C=O) groups excluding carboxylic acids is 2. The van der Waals surface area contributed by atoms with Crippen LogP contribution in [0.1, 0.15) is 42.1 Å². The van der Waals surface area contributed by atoms with Gasteiger partial charge in [0.05, 0.1) is 0 Å². The van der Waals surface area contributed by atoms with Crippen LogP contribution in [0.3, 0.4) is 0 Å². The van der Waals surface area contributed by atoms with Gasteiger partial charge in [-0.2, -0.15) is 0 Å². The number of nitrogens with two attached hydrogens (primary N) is 1. The van der Waals surface area contributed by atoms with Crippen molar-refractivity contribution in [2.75, 3.05) is 6.54 Å². The first-order valence-corrected chi connectivity index (χ1v) is 9.54. The maximum absolute atomic E-state index is 12.9. The highest BCUT2D eigenvalue weighted by Gasteiger charge is 2.23. The van der Waals surface area contributed by atoms with Crippen LogP contribution in [-0.2, 0) is 11.2 Å². The SMILES string of the molecule is CCCCC(CN)NC(=O)C(Cc1ccccc1)NC(=O)c1ccccc1. The van der Waals surface area contributed by atoms with Gasteiger partial charge in [-0.25, -0.2) is 0 Å². The Morgan fingerprint density at radius 2 is 1.59 bits per heavy atom. The molecule has 0 bridgehead atoms. The molecule has 0 saturated carbocycles. The van der Waals surface area contributed by atoms with Crippen molar-refractivity contribution < 1.29 is 9.59 Å². The van der Waals surface area contributed by atoms with E-state index in [0.717, 1.165) is 24.8 Å². The Morgan fingerprint density at radius 3 is 2.19 bits per heavy atom. The number of hydrogen-bond acceptors (Lipinski definition) is 3. The Kier molecular flexibility index (Phi) is 8.52. The van der Waals surface area contributed by atoms with E-state index in [9.17, 15) is 9.59 Å². The maximum atomic E-state index is 12.9. The number of rotatable bonds is 10. The standard InChI is InChI=1S/C22H29N3O2/c1-2-3-14-19(16-23)24-22(27)20(15-17-10-6-4-7-11-17)25-21(26)18-12-8-5-9-13-18/h4-13,19-20H,2-3,14-16,23H2,1H3,(H,24,27)(H,25,26). The van der Waals surface area contributed by atoms with E-state index < -0.39 is 6.04 Å². The van der Waals surface area contributed by atoms with Gasteiger partial charge in [0.2, 0.25) is 5.91 Å². The third-order valence-corrected chi connectivity index (χ3v) is 4.48. The molecule has 144 valence electrons. The van der Waals surface area contributed by atoms with E-state index in [1.165, 1.54) is 0 Å². The molecule has 2 amide bonds. The third kappa shape index (κ3) is 6.87. The fraction of sp³-hybridized carbons (Fsp3) is 0.364. The highest BCUT2D eigenvalue weighted by Crippen LogP contribution is 2.07. The minimum atomic E-state index is -0.657. The molecule has 2 aromatic rings. The quantitative estimate of drug-likeness (QED) is 0.604. The molecule has 2 unspecified atom stereocenters. The second-order valence-corrected chi connectivity index (χ2v) is 6.67. The molecule has 4 N–H and O–H groups in total. The van der Waals surface area contributed by atoms with Crippen molar-refractivity contribution in [1.29, 1.82) is 0 Å². The van der Waals surface area contributed by atoms with Gasteiger partial charge in [0.1, 0.15) is 6.04 Å². The molecule has 0 heterocycles. The predicted molar refractivity (Wildman–Crippen MR) is 108 cm³/mol. The molecule has 5 nitrogen and oxygen atoms in total. The van der Waals surface area contributed by atoms with Crippen LogP contribution < -0.4 is 16.4 Å². The minimum Gasteiger partial charge on any atom is -0.350 e. The molecule has 5 heteroatoms. The lowest BCUT2D eigenvalue weighted by Gasteiger charge is -2.23. The first-order chi connectivity index (χ1) is 13.1. The van der Waals surface area contributed by atoms with Crippen molar-refractivity contribution in [3.05, 3.63) is 71.8 Å². The van der Waals surface area contributed by atoms with E-state index in [2.05, 4.69) is 17.6 Å². The van der Waals surface area contributed by atoms with Gasteiger partial charge in [-0.1, -0.05) is 68.3 Å². The Morgan fingerprint density at radius 1 is 0.963 bits per heavy atom. The van der Waals surface area contributed by atoms with Gasteiger partial charge in [-0.05, 0) is 24.1 Å². The largest absolute Gasteiger partial charge is 0.350 e. The number of carbonyl (C=O) groups is 2. The van der Waals surface area contributed by atoms with Crippen molar-refractivity contribution >= 4 is 11.8 Å². The van der Waals surface area contributed by atoms with Gasteiger partial charge in [0.25, 0.3) is 5.91 Å². The monoisotopic (exact) mass is 367 g/mol. The number of hydrogen-bond donors (Lipinski definition) is 3. The number of amides is 2. The molecule has 0 saturated heterocycles. The van der Waals surface area contributed by atoms with Crippen LogP contribution in [0.5, 0.6) is 0 Å². The van der Waals surface area contributed by atoms with Crippen molar-refractivity contribution in [3.63, 3.8) is 0 Å². The molecule has 0 aromatic heterocycles. The summed E-state index contributed by atoms with van der Waals surface area (Å²) in [6, 6.07) is 17.9. The summed E-state index contributed by atoms with van der Waals surface area (Å²) in [5, 5.41) is 5.88. The summed E-state index contributed by atoms with van der Waals surface area (Å²) in [5.74, 6) is -0.459. The third-order valence-electron chi connectivity index (χ3n) is 4.48. The lowest BCUT2D eigenvalue weighted by atomic mass is 10.0. The van der Waals surface area contributed by atoms with Gasteiger partial charge in [-0.3, -0.25) is 9.59 Å². The van der Waals surface area contributed by atoms with Crippen molar-refractivity contribution in [3.8, 4) is 0 Å². The fourth-order valence-corrected chi connectivity index (χ4v) is 2.89. The van der Waals surface area contributed by atoms with Crippen LogP contribution in [0.25, 0.3) is 0 Å². The molecule has 0 fully saturated rings. The zero-order valence-corrected chi connectivity index (χ0v) is 15.9. The summed E-state index contributed by atoms with van der Waals surface area (Å²) in [5.41, 5.74) is 7.33. The highest BCUT2D eigenvalue weighted by atomic mass is 16.2. The van der Waals surface area contributed by atoms with E-state index in [-0.39, 0.29) is 17.9 Å². The number of benzene rings is 2. The average Bonchev–Trinajstić information content (AvgIpc) is 2.71. The summed E-state index contributed by atoms with van der Waals surface area (Å²) in [7, 11) is 0. The molecular formula is C22H29N3O2. The van der Waals surface area contributed by atoms with E-state index in [1.807, 2.05) is 36.4 Å². The van der Waals surface area contributed by atoms with Crippen molar-refractivity contribution in [1.82, 2.24) is 10.6 Å². The Hall–Kier alpha value is -2.66. The van der Waals surface area contributed by atoms with E-state index in [4.69, 9.17) is 5.73 Å². The second-order valence-electron chi connectivity index (χ2n) is 6.67. The van der Waals surface area contributed by atoms with Crippen molar-refractivity contribution in [2.45, 2.75) is 44.7 Å².